The van der Waals surface area contributed by atoms with Gasteiger partial charge in [0.1, 0.15) is 5.69 Å². The number of likely N-dealkylation sites (tertiary alicyclic amines) is 1. The molecule has 1 saturated heterocycles. The Morgan fingerprint density at radius 2 is 2.23 bits per heavy atom. The van der Waals surface area contributed by atoms with Gasteiger partial charge in [0.2, 0.25) is 5.91 Å². The monoisotopic (exact) mass is 300 g/mol. The van der Waals surface area contributed by atoms with E-state index in [1.165, 1.54) is 0 Å². The van der Waals surface area contributed by atoms with Gasteiger partial charge in [0, 0.05) is 23.9 Å². The second-order valence-corrected chi connectivity index (χ2v) is 5.62. The summed E-state index contributed by atoms with van der Waals surface area (Å²) in [7, 11) is 0. The van der Waals surface area contributed by atoms with Crippen LogP contribution in [-0.2, 0) is 9.53 Å². The summed E-state index contributed by atoms with van der Waals surface area (Å²) in [5.41, 5.74) is 2.43. The highest BCUT2D eigenvalue weighted by Crippen LogP contribution is 2.28. The summed E-state index contributed by atoms with van der Waals surface area (Å²) in [6.07, 6.45) is 1.58. The fraction of sp³-hybridized carbons (Fsp3) is 0.412. The number of rotatable bonds is 4. The van der Waals surface area contributed by atoms with Gasteiger partial charge in [0.25, 0.3) is 0 Å². The second-order valence-electron chi connectivity index (χ2n) is 5.62. The number of H-pyrrole nitrogens is 1. The molecular formula is C17H20N2O3. The lowest BCUT2D eigenvalue weighted by Gasteiger charge is -2.24. The number of hydrogen-bond acceptors (Lipinski definition) is 3. The number of aromatic amines is 1. The number of hydrogen-bond donors (Lipinski definition) is 1. The standard InChI is InChI=1S/C17H20N2O3/c1-3-22-17(21)15-10-13-9-12(6-7-14(13)18-15)11(2)19-8-4-5-16(19)20/h6-7,9-11,18H,3-5,8H2,1-2H3. The van der Waals surface area contributed by atoms with E-state index in [1.54, 1.807) is 13.0 Å². The predicted molar refractivity (Wildman–Crippen MR) is 83.6 cm³/mol. The third-order valence-electron chi connectivity index (χ3n) is 4.20. The number of amides is 1. The van der Waals surface area contributed by atoms with Crippen molar-refractivity contribution in [3.05, 3.63) is 35.5 Å². The van der Waals surface area contributed by atoms with Crippen LogP contribution in [0.4, 0.5) is 0 Å². The summed E-state index contributed by atoms with van der Waals surface area (Å²) in [4.78, 5) is 28.6. The highest BCUT2D eigenvalue weighted by Gasteiger charge is 2.26. The van der Waals surface area contributed by atoms with Gasteiger partial charge in [-0.2, -0.15) is 0 Å². The molecule has 1 amide bonds. The van der Waals surface area contributed by atoms with E-state index in [0.717, 1.165) is 29.4 Å². The summed E-state index contributed by atoms with van der Waals surface area (Å²) >= 11 is 0. The summed E-state index contributed by atoms with van der Waals surface area (Å²) in [5, 5.41) is 0.957. The smallest absolute Gasteiger partial charge is 0.354 e. The Morgan fingerprint density at radius 1 is 1.41 bits per heavy atom. The molecule has 1 aliphatic rings. The van der Waals surface area contributed by atoms with E-state index in [1.807, 2.05) is 30.0 Å². The van der Waals surface area contributed by atoms with Gasteiger partial charge >= 0.3 is 5.97 Å². The molecule has 1 aromatic carbocycles. The number of benzene rings is 1. The van der Waals surface area contributed by atoms with Gasteiger partial charge in [-0.05, 0) is 44.0 Å². The molecular weight excluding hydrogens is 280 g/mol. The van der Waals surface area contributed by atoms with Crippen LogP contribution in [0.25, 0.3) is 10.9 Å². The average molecular weight is 300 g/mol. The molecule has 5 heteroatoms. The first kappa shape index (κ1) is 14.6. The number of carbonyl (C=O) groups is 2. The van der Waals surface area contributed by atoms with Crippen molar-refractivity contribution in [2.45, 2.75) is 32.7 Å². The largest absolute Gasteiger partial charge is 0.461 e. The topological polar surface area (TPSA) is 62.4 Å². The Kier molecular flexibility index (Phi) is 3.88. The maximum Gasteiger partial charge on any atom is 0.354 e. The molecule has 0 spiro atoms. The molecule has 1 aliphatic heterocycles. The van der Waals surface area contributed by atoms with Crippen molar-refractivity contribution in [2.75, 3.05) is 13.2 Å². The Hall–Kier alpha value is -2.30. The van der Waals surface area contributed by atoms with Crippen molar-refractivity contribution < 1.29 is 14.3 Å². The van der Waals surface area contributed by atoms with Crippen molar-refractivity contribution in [1.82, 2.24) is 9.88 Å². The molecule has 1 atom stereocenters. The van der Waals surface area contributed by atoms with Crippen LogP contribution in [0.2, 0.25) is 0 Å². The first-order chi connectivity index (χ1) is 10.6. The maximum atomic E-state index is 11.9. The molecule has 2 aromatic rings. The molecule has 116 valence electrons. The van der Waals surface area contributed by atoms with E-state index in [2.05, 4.69) is 4.98 Å². The number of ether oxygens (including phenoxy) is 1. The third-order valence-corrected chi connectivity index (χ3v) is 4.20. The molecule has 0 bridgehead atoms. The van der Waals surface area contributed by atoms with Gasteiger partial charge in [-0.3, -0.25) is 4.79 Å². The number of nitrogens with one attached hydrogen (secondary N) is 1. The first-order valence-electron chi connectivity index (χ1n) is 7.69. The zero-order chi connectivity index (χ0) is 15.7. The van der Waals surface area contributed by atoms with Crippen LogP contribution >= 0.6 is 0 Å². The quantitative estimate of drug-likeness (QED) is 0.883. The van der Waals surface area contributed by atoms with Crippen LogP contribution in [-0.4, -0.2) is 34.9 Å². The molecule has 5 nitrogen and oxygen atoms in total. The number of carbonyl (C=O) groups excluding carboxylic acids is 2. The van der Waals surface area contributed by atoms with Crippen LogP contribution in [0.15, 0.2) is 24.3 Å². The fourth-order valence-electron chi connectivity index (χ4n) is 2.99. The van der Waals surface area contributed by atoms with Crippen LogP contribution in [0.1, 0.15) is 48.8 Å². The molecule has 1 aromatic heterocycles. The lowest BCUT2D eigenvalue weighted by molar-refractivity contribution is -0.129. The minimum absolute atomic E-state index is 0.0559. The predicted octanol–water partition coefficient (Wildman–Crippen LogP) is 3.03. The van der Waals surface area contributed by atoms with Crippen molar-refractivity contribution in [3.8, 4) is 0 Å². The van der Waals surface area contributed by atoms with Crippen molar-refractivity contribution in [1.29, 1.82) is 0 Å². The molecule has 3 rings (SSSR count). The minimum Gasteiger partial charge on any atom is -0.461 e. The van der Waals surface area contributed by atoms with E-state index in [9.17, 15) is 9.59 Å². The number of aromatic nitrogens is 1. The average Bonchev–Trinajstić information content (AvgIpc) is 3.11. The highest BCUT2D eigenvalue weighted by molar-refractivity contribution is 5.95. The molecule has 0 radical (unpaired) electrons. The minimum atomic E-state index is -0.344. The normalized spacial score (nSPS) is 16.3. The Morgan fingerprint density at radius 3 is 2.91 bits per heavy atom. The van der Waals surface area contributed by atoms with E-state index in [0.29, 0.717) is 18.7 Å². The van der Waals surface area contributed by atoms with Crippen LogP contribution in [0.5, 0.6) is 0 Å². The van der Waals surface area contributed by atoms with Crippen LogP contribution < -0.4 is 0 Å². The second kappa shape index (κ2) is 5.83. The van der Waals surface area contributed by atoms with Gasteiger partial charge in [-0.25, -0.2) is 4.79 Å². The summed E-state index contributed by atoms with van der Waals surface area (Å²) in [6.45, 7) is 5.00. The molecule has 0 aliphatic carbocycles. The molecule has 22 heavy (non-hydrogen) atoms. The lowest BCUT2D eigenvalue weighted by Crippen LogP contribution is -2.27. The Labute approximate surface area is 129 Å². The van der Waals surface area contributed by atoms with Gasteiger partial charge < -0.3 is 14.6 Å². The molecule has 0 saturated carbocycles. The Bertz CT molecular complexity index is 720. The fourth-order valence-corrected chi connectivity index (χ4v) is 2.99. The molecule has 1 fully saturated rings. The van der Waals surface area contributed by atoms with E-state index in [-0.39, 0.29) is 17.9 Å². The van der Waals surface area contributed by atoms with Crippen LogP contribution in [0.3, 0.4) is 0 Å². The maximum absolute atomic E-state index is 11.9. The Balaban J connectivity index is 1.89. The van der Waals surface area contributed by atoms with Gasteiger partial charge in [-0.1, -0.05) is 6.07 Å². The first-order valence-corrected chi connectivity index (χ1v) is 7.69. The van der Waals surface area contributed by atoms with Gasteiger partial charge in [0.15, 0.2) is 0 Å². The third kappa shape index (κ3) is 2.58. The van der Waals surface area contributed by atoms with E-state index < -0.39 is 0 Å². The van der Waals surface area contributed by atoms with Crippen molar-refractivity contribution >= 4 is 22.8 Å². The number of esters is 1. The highest BCUT2D eigenvalue weighted by atomic mass is 16.5. The molecule has 1 N–H and O–H groups in total. The summed E-state index contributed by atoms with van der Waals surface area (Å²) in [6, 6.07) is 7.84. The SMILES string of the molecule is CCOC(=O)c1cc2cc(C(C)N3CCCC3=O)ccc2[nH]1. The van der Waals surface area contributed by atoms with E-state index in [4.69, 9.17) is 4.74 Å². The number of fused-ring (bicyclic) bond motifs is 1. The van der Waals surface area contributed by atoms with E-state index >= 15 is 0 Å². The van der Waals surface area contributed by atoms with Gasteiger partial charge in [-0.15, -0.1) is 0 Å². The van der Waals surface area contributed by atoms with Crippen molar-refractivity contribution in [3.63, 3.8) is 0 Å². The van der Waals surface area contributed by atoms with Crippen molar-refractivity contribution in [2.24, 2.45) is 0 Å². The molecule has 2 heterocycles. The number of nitrogens with zero attached hydrogens (tertiary/aromatic N) is 1. The van der Waals surface area contributed by atoms with Crippen LogP contribution in [0, 0.1) is 0 Å². The lowest BCUT2D eigenvalue weighted by atomic mass is 10.1. The molecule has 1 unspecified atom stereocenters. The zero-order valence-electron chi connectivity index (χ0n) is 12.9. The zero-order valence-corrected chi connectivity index (χ0v) is 12.9. The summed E-state index contributed by atoms with van der Waals surface area (Å²) < 4.78 is 5.01. The summed E-state index contributed by atoms with van der Waals surface area (Å²) in [5.74, 6) is -0.128. The van der Waals surface area contributed by atoms with Gasteiger partial charge in [0.05, 0.1) is 12.6 Å².